The molecule has 0 spiro atoms. The predicted molar refractivity (Wildman–Crippen MR) is 63.6 cm³/mol. The predicted octanol–water partition coefficient (Wildman–Crippen LogP) is 1.67. The van der Waals surface area contributed by atoms with Crippen molar-refractivity contribution in [1.82, 2.24) is 10.3 Å². The molecule has 1 unspecified atom stereocenters. The lowest BCUT2D eigenvalue weighted by Crippen LogP contribution is -2.30. The van der Waals surface area contributed by atoms with Crippen molar-refractivity contribution in [3.8, 4) is 0 Å². The SMILES string of the molecule is CNC(=O)C1CCN(c2cc(C(F)(F)F)ccn2)C1. The fraction of sp³-hybridized carbons (Fsp3) is 0.500. The Labute approximate surface area is 108 Å². The largest absolute Gasteiger partial charge is 0.416 e. The van der Waals surface area contributed by atoms with E-state index in [0.717, 1.165) is 18.3 Å². The van der Waals surface area contributed by atoms with Crippen LogP contribution in [0.25, 0.3) is 0 Å². The van der Waals surface area contributed by atoms with Gasteiger partial charge in [0.1, 0.15) is 5.82 Å². The second kappa shape index (κ2) is 5.07. The third-order valence-corrected chi connectivity index (χ3v) is 3.20. The van der Waals surface area contributed by atoms with E-state index in [4.69, 9.17) is 0 Å². The van der Waals surface area contributed by atoms with Crippen LogP contribution in [-0.2, 0) is 11.0 Å². The Morgan fingerprint density at radius 1 is 1.53 bits per heavy atom. The highest BCUT2D eigenvalue weighted by atomic mass is 19.4. The van der Waals surface area contributed by atoms with Crippen LogP contribution in [0.5, 0.6) is 0 Å². The maximum atomic E-state index is 12.6. The average molecular weight is 273 g/mol. The number of aromatic nitrogens is 1. The van der Waals surface area contributed by atoms with Crippen molar-refractivity contribution in [1.29, 1.82) is 0 Å². The molecule has 1 atom stereocenters. The van der Waals surface area contributed by atoms with Crippen molar-refractivity contribution in [2.45, 2.75) is 12.6 Å². The molecule has 19 heavy (non-hydrogen) atoms. The van der Waals surface area contributed by atoms with Crippen LogP contribution < -0.4 is 10.2 Å². The molecule has 0 bridgehead atoms. The van der Waals surface area contributed by atoms with Crippen LogP contribution in [0.15, 0.2) is 18.3 Å². The number of rotatable bonds is 2. The van der Waals surface area contributed by atoms with Crippen molar-refractivity contribution in [2.24, 2.45) is 5.92 Å². The number of halogens is 3. The van der Waals surface area contributed by atoms with Gasteiger partial charge in [-0.3, -0.25) is 4.79 Å². The lowest BCUT2D eigenvalue weighted by molar-refractivity contribution is -0.137. The summed E-state index contributed by atoms with van der Waals surface area (Å²) < 4.78 is 37.8. The van der Waals surface area contributed by atoms with E-state index in [2.05, 4.69) is 10.3 Å². The minimum Gasteiger partial charge on any atom is -0.359 e. The van der Waals surface area contributed by atoms with Crippen LogP contribution in [-0.4, -0.2) is 31.0 Å². The van der Waals surface area contributed by atoms with Crippen molar-refractivity contribution >= 4 is 11.7 Å². The van der Waals surface area contributed by atoms with E-state index < -0.39 is 11.7 Å². The monoisotopic (exact) mass is 273 g/mol. The maximum Gasteiger partial charge on any atom is 0.416 e. The molecule has 104 valence electrons. The third-order valence-electron chi connectivity index (χ3n) is 3.20. The molecule has 2 rings (SSSR count). The normalized spacial score (nSPS) is 19.6. The lowest BCUT2D eigenvalue weighted by Gasteiger charge is -2.18. The topological polar surface area (TPSA) is 45.2 Å². The second-order valence-electron chi connectivity index (χ2n) is 4.45. The molecule has 2 heterocycles. The van der Waals surface area contributed by atoms with Crippen LogP contribution in [0.2, 0.25) is 0 Å². The van der Waals surface area contributed by atoms with Gasteiger partial charge in [0.2, 0.25) is 5.91 Å². The number of carbonyl (C=O) groups is 1. The Morgan fingerprint density at radius 2 is 2.26 bits per heavy atom. The van der Waals surface area contributed by atoms with Gasteiger partial charge >= 0.3 is 6.18 Å². The summed E-state index contributed by atoms with van der Waals surface area (Å²) in [5.74, 6) is -0.0166. The summed E-state index contributed by atoms with van der Waals surface area (Å²) in [6, 6.07) is 1.96. The van der Waals surface area contributed by atoms with E-state index in [0.29, 0.717) is 19.5 Å². The van der Waals surface area contributed by atoms with Crippen LogP contribution in [0, 0.1) is 5.92 Å². The first-order valence-electron chi connectivity index (χ1n) is 5.91. The quantitative estimate of drug-likeness (QED) is 0.891. The molecule has 1 aromatic rings. The summed E-state index contributed by atoms with van der Waals surface area (Å²) in [7, 11) is 1.55. The summed E-state index contributed by atoms with van der Waals surface area (Å²) in [6.07, 6.45) is -2.61. The first-order chi connectivity index (χ1) is 8.91. The van der Waals surface area contributed by atoms with Gasteiger partial charge in [-0.15, -0.1) is 0 Å². The molecule has 1 aliphatic rings. The summed E-state index contributed by atoms with van der Waals surface area (Å²) in [5, 5.41) is 2.55. The molecular weight excluding hydrogens is 259 g/mol. The molecular formula is C12H14F3N3O. The Hall–Kier alpha value is -1.79. The number of nitrogens with one attached hydrogen (secondary N) is 1. The van der Waals surface area contributed by atoms with E-state index >= 15 is 0 Å². The average Bonchev–Trinajstić information content (AvgIpc) is 2.86. The van der Waals surface area contributed by atoms with Crippen LogP contribution in [0.4, 0.5) is 19.0 Å². The molecule has 0 radical (unpaired) electrons. The van der Waals surface area contributed by atoms with Crippen molar-refractivity contribution in [3.63, 3.8) is 0 Å². The zero-order valence-electron chi connectivity index (χ0n) is 10.4. The fourth-order valence-corrected chi connectivity index (χ4v) is 2.15. The summed E-state index contributed by atoms with van der Waals surface area (Å²) >= 11 is 0. The standard InChI is InChI=1S/C12H14F3N3O/c1-16-11(19)8-3-5-18(7-8)10-6-9(2-4-17-10)12(13,14)15/h2,4,6,8H,3,5,7H2,1H3,(H,16,19). The Bertz CT molecular complexity index is 476. The zero-order chi connectivity index (χ0) is 14.0. The molecule has 0 aliphatic carbocycles. The Balaban J connectivity index is 2.14. The molecule has 1 aromatic heterocycles. The number of hydrogen-bond acceptors (Lipinski definition) is 3. The number of pyridine rings is 1. The van der Waals surface area contributed by atoms with E-state index in [9.17, 15) is 18.0 Å². The van der Waals surface area contributed by atoms with Crippen molar-refractivity contribution in [2.75, 3.05) is 25.0 Å². The molecule has 1 aliphatic heterocycles. The van der Waals surface area contributed by atoms with Gasteiger partial charge < -0.3 is 10.2 Å². The van der Waals surface area contributed by atoms with E-state index in [1.807, 2.05) is 0 Å². The zero-order valence-corrected chi connectivity index (χ0v) is 10.4. The van der Waals surface area contributed by atoms with Crippen molar-refractivity contribution < 1.29 is 18.0 Å². The summed E-state index contributed by atoms with van der Waals surface area (Å²) in [4.78, 5) is 17.1. The number of anilines is 1. The number of alkyl halides is 3. The van der Waals surface area contributed by atoms with Gasteiger partial charge in [-0.05, 0) is 18.6 Å². The van der Waals surface area contributed by atoms with Gasteiger partial charge in [-0.2, -0.15) is 13.2 Å². The Morgan fingerprint density at radius 3 is 2.89 bits per heavy atom. The highest BCUT2D eigenvalue weighted by molar-refractivity contribution is 5.79. The van der Waals surface area contributed by atoms with Gasteiger partial charge in [0.25, 0.3) is 0 Å². The summed E-state index contributed by atoms with van der Waals surface area (Å²) in [5.41, 5.74) is -0.721. The first kappa shape index (κ1) is 13.6. The van der Waals surface area contributed by atoms with E-state index in [1.54, 1.807) is 11.9 Å². The van der Waals surface area contributed by atoms with Crippen molar-refractivity contribution in [3.05, 3.63) is 23.9 Å². The molecule has 1 saturated heterocycles. The molecule has 4 nitrogen and oxygen atoms in total. The van der Waals surface area contributed by atoms with Gasteiger partial charge in [-0.1, -0.05) is 0 Å². The molecule has 7 heteroatoms. The fourth-order valence-electron chi connectivity index (χ4n) is 2.15. The second-order valence-corrected chi connectivity index (χ2v) is 4.45. The van der Waals surface area contributed by atoms with Gasteiger partial charge in [0.15, 0.2) is 0 Å². The molecule has 1 amide bonds. The molecule has 0 aromatic carbocycles. The van der Waals surface area contributed by atoms with Crippen LogP contribution in [0.1, 0.15) is 12.0 Å². The van der Waals surface area contributed by atoms with Gasteiger partial charge in [-0.25, -0.2) is 4.98 Å². The molecule has 0 saturated carbocycles. The van der Waals surface area contributed by atoms with Gasteiger partial charge in [0, 0.05) is 26.3 Å². The number of hydrogen-bond donors (Lipinski definition) is 1. The highest BCUT2D eigenvalue weighted by Crippen LogP contribution is 2.31. The van der Waals surface area contributed by atoms with Crippen LogP contribution >= 0.6 is 0 Å². The highest BCUT2D eigenvalue weighted by Gasteiger charge is 2.33. The summed E-state index contributed by atoms with van der Waals surface area (Å²) in [6.45, 7) is 0.931. The number of amides is 1. The third kappa shape index (κ3) is 2.97. The molecule has 1 N–H and O–H groups in total. The lowest BCUT2D eigenvalue weighted by atomic mass is 10.1. The van der Waals surface area contributed by atoms with E-state index in [-0.39, 0.29) is 17.6 Å². The number of nitrogens with zero attached hydrogens (tertiary/aromatic N) is 2. The maximum absolute atomic E-state index is 12.6. The number of carbonyl (C=O) groups excluding carboxylic acids is 1. The van der Waals surface area contributed by atoms with Crippen LogP contribution in [0.3, 0.4) is 0 Å². The van der Waals surface area contributed by atoms with Gasteiger partial charge in [0.05, 0.1) is 11.5 Å². The first-order valence-corrected chi connectivity index (χ1v) is 5.91. The Kier molecular flexibility index (Phi) is 3.64. The smallest absolute Gasteiger partial charge is 0.359 e. The minimum atomic E-state index is -4.38. The minimum absolute atomic E-state index is 0.0884. The van der Waals surface area contributed by atoms with E-state index in [1.165, 1.54) is 0 Å². The molecule has 1 fully saturated rings.